The van der Waals surface area contributed by atoms with Gasteiger partial charge in [0.25, 0.3) is 0 Å². The van der Waals surface area contributed by atoms with Crippen LogP contribution in [0.2, 0.25) is 0 Å². The van der Waals surface area contributed by atoms with Crippen LogP contribution >= 0.6 is 0 Å². The smallest absolute Gasteiger partial charge is 0.387 e. The van der Waals surface area contributed by atoms with Gasteiger partial charge in [0.1, 0.15) is 23.2 Å². The van der Waals surface area contributed by atoms with Crippen molar-refractivity contribution in [2.45, 2.75) is 6.61 Å². The fourth-order valence-electron chi connectivity index (χ4n) is 2.45. The summed E-state index contributed by atoms with van der Waals surface area (Å²) in [5.41, 5.74) is 8.34. The summed E-state index contributed by atoms with van der Waals surface area (Å²) in [5.74, 6) is 0.0498. The molecule has 0 unspecified atom stereocenters. The van der Waals surface area contributed by atoms with Gasteiger partial charge >= 0.3 is 6.61 Å². The van der Waals surface area contributed by atoms with Gasteiger partial charge in [0, 0.05) is 24.4 Å². The minimum absolute atomic E-state index is 0.00491. The number of nitrogen functional groups attached to an aromatic ring is 1. The van der Waals surface area contributed by atoms with E-state index in [9.17, 15) is 14.0 Å². The summed E-state index contributed by atoms with van der Waals surface area (Å²) in [6.45, 7) is -2.93. The zero-order chi connectivity index (χ0) is 18.0. The van der Waals surface area contributed by atoms with Gasteiger partial charge in [-0.2, -0.15) is 19.1 Å². The first-order valence-electron chi connectivity index (χ1n) is 7.23. The summed E-state index contributed by atoms with van der Waals surface area (Å²) >= 11 is 0. The van der Waals surface area contributed by atoms with Crippen molar-refractivity contribution in [1.82, 2.24) is 14.8 Å². The fraction of sp³-hybridized carbons (Fsp3) is 0.118. The molecule has 3 rings (SSSR count). The number of halogens is 2. The van der Waals surface area contributed by atoms with Crippen LogP contribution in [0.4, 0.5) is 14.6 Å². The highest BCUT2D eigenvalue weighted by Gasteiger charge is 2.15. The lowest BCUT2D eigenvalue weighted by molar-refractivity contribution is -0.0498. The van der Waals surface area contributed by atoms with Crippen LogP contribution in [0.25, 0.3) is 22.4 Å². The summed E-state index contributed by atoms with van der Waals surface area (Å²) in [5, 5.41) is 13.5. The van der Waals surface area contributed by atoms with Crippen LogP contribution in [-0.2, 0) is 7.05 Å². The second-order valence-corrected chi connectivity index (χ2v) is 5.24. The Bertz CT molecular complexity index is 962. The van der Waals surface area contributed by atoms with E-state index < -0.39 is 6.61 Å². The van der Waals surface area contributed by atoms with E-state index in [1.807, 2.05) is 6.07 Å². The van der Waals surface area contributed by atoms with Crippen LogP contribution in [0.1, 0.15) is 5.56 Å². The predicted molar refractivity (Wildman–Crippen MR) is 87.6 cm³/mol. The Hall–Kier alpha value is -3.47. The standard InChI is InChI=1S/C17H13F2N5O/c1-24-9-11(8-22-24)15-6-13(14(7-20)16(21)23-15)10-3-2-4-12(5-10)25-17(18)19/h2-6,8-9,17H,1H3,(H2,21,23). The minimum atomic E-state index is -2.93. The lowest BCUT2D eigenvalue weighted by Crippen LogP contribution is -2.02. The molecular weight excluding hydrogens is 328 g/mol. The molecule has 0 fully saturated rings. The number of aryl methyl sites for hydroxylation is 1. The van der Waals surface area contributed by atoms with Crippen molar-refractivity contribution < 1.29 is 13.5 Å². The molecule has 1 aromatic carbocycles. The second kappa shape index (κ2) is 6.57. The highest BCUT2D eigenvalue weighted by Crippen LogP contribution is 2.32. The molecule has 2 heterocycles. The SMILES string of the molecule is Cn1cc(-c2cc(-c3cccc(OC(F)F)c3)c(C#N)c(N)n2)cn1. The maximum atomic E-state index is 12.4. The van der Waals surface area contributed by atoms with Gasteiger partial charge in [-0.15, -0.1) is 0 Å². The van der Waals surface area contributed by atoms with Crippen LogP contribution in [0, 0.1) is 11.3 Å². The van der Waals surface area contributed by atoms with Crippen LogP contribution in [-0.4, -0.2) is 21.4 Å². The zero-order valence-electron chi connectivity index (χ0n) is 13.1. The molecule has 25 heavy (non-hydrogen) atoms. The lowest BCUT2D eigenvalue weighted by atomic mass is 9.99. The number of rotatable bonds is 4. The molecular formula is C17H13F2N5O. The number of nitrogens with zero attached hydrogens (tertiary/aromatic N) is 4. The van der Waals surface area contributed by atoms with Crippen molar-refractivity contribution >= 4 is 5.82 Å². The van der Waals surface area contributed by atoms with Gasteiger partial charge in [0.2, 0.25) is 0 Å². The van der Waals surface area contributed by atoms with Crippen molar-refractivity contribution in [2.75, 3.05) is 5.73 Å². The molecule has 8 heteroatoms. The van der Waals surface area contributed by atoms with Crippen LogP contribution in [0.5, 0.6) is 5.75 Å². The first-order chi connectivity index (χ1) is 12.0. The number of alkyl halides is 2. The van der Waals surface area contributed by atoms with Crippen LogP contribution in [0.3, 0.4) is 0 Å². The van der Waals surface area contributed by atoms with E-state index in [-0.39, 0.29) is 17.1 Å². The van der Waals surface area contributed by atoms with E-state index in [1.165, 1.54) is 12.1 Å². The van der Waals surface area contributed by atoms with Crippen LogP contribution in [0.15, 0.2) is 42.7 Å². The van der Waals surface area contributed by atoms with Gasteiger partial charge < -0.3 is 10.5 Å². The fourth-order valence-corrected chi connectivity index (χ4v) is 2.45. The number of benzene rings is 1. The largest absolute Gasteiger partial charge is 0.435 e. The van der Waals surface area contributed by atoms with E-state index in [0.717, 1.165) is 5.56 Å². The molecule has 0 saturated heterocycles. The molecule has 2 N–H and O–H groups in total. The zero-order valence-corrected chi connectivity index (χ0v) is 13.1. The quantitative estimate of drug-likeness (QED) is 0.787. The number of hydrogen-bond acceptors (Lipinski definition) is 5. The monoisotopic (exact) mass is 341 g/mol. The highest BCUT2D eigenvalue weighted by atomic mass is 19.3. The molecule has 0 spiro atoms. The first-order valence-corrected chi connectivity index (χ1v) is 7.23. The molecule has 3 aromatic rings. The van der Waals surface area contributed by atoms with Gasteiger partial charge in [-0.3, -0.25) is 4.68 Å². The lowest BCUT2D eigenvalue weighted by Gasteiger charge is -2.11. The number of hydrogen-bond donors (Lipinski definition) is 1. The van der Waals surface area contributed by atoms with Crippen molar-refractivity contribution in [3.05, 3.63) is 48.3 Å². The van der Waals surface area contributed by atoms with Crippen molar-refractivity contribution in [1.29, 1.82) is 5.26 Å². The summed E-state index contributed by atoms with van der Waals surface area (Å²) in [4.78, 5) is 4.24. The molecule has 0 aliphatic carbocycles. The van der Waals surface area contributed by atoms with Crippen molar-refractivity contribution in [3.8, 4) is 34.2 Å². The summed E-state index contributed by atoms with van der Waals surface area (Å²) in [6, 6.07) is 9.77. The third-order valence-electron chi connectivity index (χ3n) is 3.53. The number of anilines is 1. The average Bonchev–Trinajstić information content (AvgIpc) is 3.00. The van der Waals surface area contributed by atoms with Gasteiger partial charge in [0.05, 0.1) is 11.9 Å². The Labute approximate surface area is 142 Å². The minimum Gasteiger partial charge on any atom is -0.435 e. The Balaban J connectivity index is 2.14. The normalized spacial score (nSPS) is 10.7. The third-order valence-corrected chi connectivity index (χ3v) is 3.53. The number of aromatic nitrogens is 3. The van der Waals surface area contributed by atoms with E-state index in [0.29, 0.717) is 16.8 Å². The van der Waals surface area contributed by atoms with Gasteiger partial charge in [0.15, 0.2) is 0 Å². The Morgan fingerprint density at radius 1 is 1.28 bits per heavy atom. The summed E-state index contributed by atoms with van der Waals surface area (Å²) in [6.07, 6.45) is 3.38. The first kappa shape index (κ1) is 16.4. The topological polar surface area (TPSA) is 89.8 Å². The molecule has 0 atom stereocenters. The van der Waals surface area contributed by atoms with Crippen LogP contribution < -0.4 is 10.5 Å². The Kier molecular flexibility index (Phi) is 4.31. The van der Waals surface area contributed by atoms with E-state index in [1.54, 1.807) is 42.3 Å². The molecule has 0 radical (unpaired) electrons. The molecule has 0 bridgehead atoms. The number of pyridine rings is 1. The van der Waals surface area contributed by atoms with E-state index >= 15 is 0 Å². The molecule has 6 nitrogen and oxygen atoms in total. The van der Waals surface area contributed by atoms with Crippen molar-refractivity contribution in [2.24, 2.45) is 7.05 Å². The molecule has 0 aliphatic heterocycles. The van der Waals surface area contributed by atoms with Gasteiger partial charge in [-0.1, -0.05) is 12.1 Å². The maximum Gasteiger partial charge on any atom is 0.387 e. The highest BCUT2D eigenvalue weighted by molar-refractivity contribution is 5.80. The van der Waals surface area contributed by atoms with E-state index in [2.05, 4.69) is 14.8 Å². The molecule has 0 aliphatic rings. The molecule has 126 valence electrons. The predicted octanol–water partition coefficient (Wildman–Crippen LogP) is 3.20. The molecule has 0 amide bonds. The summed E-state index contributed by atoms with van der Waals surface area (Å²) < 4.78 is 30.9. The van der Waals surface area contributed by atoms with Gasteiger partial charge in [-0.25, -0.2) is 4.98 Å². The second-order valence-electron chi connectivity index (χ2n) is 5.24. The summed E-state index contributed by atoms with van der Waals surface area (Å²) in [7, 11) is 1.77. The average molecular weight is 341 g/mol. The number of nitrogens with two attached hydrogens (primary N) is 1. The van der Waals surface area contributed by atoms with E-state index in [4.69, 9.17) is 5.73 Å². The number of nitriles is 1. The molecule has 2 aromatic heterocycles. The Morgan fingerprint density at radius 2 is 2.08 bits per heavy atom. The van der Waals surface area contributed by atoms with Gasteiger partial charge in [-0.05, 0) is 23.8 Å². The molecule has 0 saturated carbocycles. The Morgan fingerprint density at radius 3 is 2.72 bits per heavy atom. The maximum absolute atomic E-state index is 12.4. The third kappa shape index (κ3) is 3.40. The van der Waals surface area contributed by atoms with Crippen molar-refractivity contribution in [3.63, 3.8) is 0 Å². The number of ether oxygens (including phenoxy) is 1.